The van der Waals surface area contributed by atoms with Crippen LogP contribution >= 0.6 is 0 Å². The van der Waals surface area contributed by atoms with Crippen molar-refractivity contribution >= 4 is 17.4 Å². The summed E-state index contributed by atoms with van der Waals surface area (Å²) >= 11 is 0. The van der Waals surface area contributed by atoms with Crippen molar-refractivity contribution in [3.05, 3.63) is 59.7 Å². The van der Waals surface area contributed by atoms with Crippen molar-refractivity contribution in [1.29, 1.82) is 0 Å². The number of para-hydroxylation sites is 2. The van der Waals surface area contributed by atoms with Gasteiger partial charge in [-0.3, -0.25) is 9.59 Å². The quantitative estimate of drug-likeness (QED) is 0.780. The Morgan fingerprint density at radius 2 is 1.64 bits per heavy atom. The van der Waals surface area contributed by atoms with Gasteiger partial charge in [0.1, 0.15) is 0 Å². The lowest BCUT2D eigenvalue weighted by atomic mass is 10.0. The van der Waals surface area contributed by atoms with Gasteiger partial charge in [-0.2, -0.15) is 0 Å². The van der Waals surface area contributed by atoms with Crippen LogP contribution in [-0.4, -0.2) is 18.1 Å². The Labute approximate surface area is 142 Å². The van der Waals surface area contributed by atoms with E-state index in [0.717, 1.165) is 11.6 Å². The van der Waals surface area contributed by atoms with Gasteiger partial charge in [-0.15, -0.1) is 13.2 Å². The summed E-state index contributed by atoms with van der Waals surface area (Å²) in [6, 6.07) is 12.1. The van der Waals surface area contributed by atoms with E-state index < -0.39 is 18.0 Å². The highest BCUT2D eigenvalue weighted by atomic mass is 19.4. The summed E-state index contributed by atoms with van der Waals surface area (Å²) in [5.74, 6) is -1.29. The molecular weight excluding hydrogens is 335 g/mol. The molecular formula is C18H16F3NO3. The number of carbonyl (C=O) groups excluding carboxylic acids is 2. The first-order chi connectivity index (χ1) is 11.7. The Kier molecular flexibility index (Phi) is 5.80. The van der Waals surface area contributed by atoms with Crippen LogP contribution in [-0.2, 0) is 4.79 Å². The van der Waals surface area contributed by atoms with Crippen molar-refractivity contribution in [3.8, 4) is 5.75 Å². The fraction of sp³-hybridized carbons (Fsp3) is 0.222. The Bertz CT molecular complexity index is 755. The number of Topliss-reactive ketones (excluding diaryl/α,β-unsaturated/α-hetero) is 1. The van der Waals surface area contributed by atoms with Crippen molar-refractivity contribution in [2.45, 2.75) is 26.1 Å². The third-order valence-electron chi connectivity index (χ3n) is 3.34. The van der Waals surface area contributed by atoms with E-state index in [0.29, 0.717) is 5.56 Å². The van der Waals surface area contributed by atoms with Crippen LogP contribution in [0, 0.1) is 6.92 Å². The van der Waals surface area contributed by atoms with Gasteiger partial charge in [-0.1, -0.05) is 42.0 Å². The summed E-state index contributed by atoms with van der Waals surface area (Å²) in [5, 5.41) is 2.33. The molecule has 7 heteroatoms. The summed E-state index contributed by atoms with van der Waals surface area (Å²) in [6.07, 6.45) is -5.05. The fourth-order valence-corrected chi connectivity index (χ4v) is 2.11. The van der Waals surface area contributed by atoms with E-state index in [4.69, 9.17) is 0 Å². The van der Waals surface area contributed by atoms with Crippen LogP contribution in [0.4, 0.5) is 18.9 Å². The number of amides is 1. The maximum atomic E-state index is 12.3. The Morgan fingerprint density at radius 3 is 2.28 bits per heavy atom. The first kappa shape index (κ1) is 18.5. The van der Waals surface area contributed by atoms with E-state index in [1.807, 2.05) is 6.92 Å². The zero-order chi connectivity index (χ0) is 18.4. The van der Waals surface area contributed by atoms with Crippen molar-refractivity contribution in [2.24, 2.45) is 0 Å². The van der Waals surface area contributed by atoms with E-state index >= 15 is 0 Å². The lowest BCUT2D eigenvalue weighted by Gasteiger charge is -2.13. The average Bonchev–Trinajstić information content (AvgIpc) is 2.54. The summed E-state index contributed by atoms with van der Waals surface area (Å²) in [5.41, 5.74) is 1.39. The number of carbonyl (C=O) groups is 2. The minimum atomic E-state index is -4.86. The number of rotatable bonds is 6. The van der Waals surface area contributed by atoms with Gasteiger partial charge in [0.25, 0.3) is 0 Å². The number of nitrogens with one attached hydrogen (secondary N) is 1. The number of halogens is 3. The number of hydrogen-bond acceptors (Lipinski definition) is 3. The molecule has 0 aliphatic rings. The second-order valence-electron chi connectivity index (χ2n) is 5.38. The van der Waals surface area contributed by atoms with E-state index in [2.05, 4.69) is 10.1 Å². The largest absolute Gasteiger partial charge is 0.573 e. The van der Waals surface area contributed by atoms with Gasteiger partial charge in [0.2, 0.25) is 5.91 Å². The molecule has 0 saturated carbocycles. The number of hydrogen-bond donors (Lipinski definition) is 1. The highest BCUT2D eigenvalue weighted by Crippen LogP contribution is 2.30. The zero-order valence-electron chi connectivity index (χ0n) is 13.4. The topological polar surface area (TPSA) is 55.4 Å². The summed E-state index contributed by atoms with van der Waals surface area (Å²) < 4.78 is 40.9. The van der Waals surface area contributed by atoms with E-state index in [9.17, 15) is 22.8 Å². The Morgan fingerprint density at radius 1 is 1.00 bits per heavy atom. The van der Waals surface area contributed by atoms with Gasteiger partial charge in [-0.05, 0) is 19.1 Å². The smallest absolute Gasteiger partial charge is 0.404 e. The molecule has 0 saturated heterocycles. The van der Waals surface area contributed by atoms with Crippen LogP contribution in [0.15, 0.2) is 48.5 Å². The zero-order valence-corrected chi connectivity index (χ0v) is 13.4. The SMILES string of the molecule is Cc1ccc(C(=O)CCC(=O)Nc2ccccc2OC(F)(F)F)cc1. The molecule has 0 aliphatic heterocycles. The molecule has 1 amide bonds. The summed E-state index contributed by atoms with van der Waals surface area (Å²) in [4.78, 5) is 23.9. The van der Waals surface area contributed by atoms with Gasteiger partial charge < -0.3 is 10.1 Å². The molecule has 132 valence electrons. The van der Waals surface area contributed by atoms with E-state index in [1.165, 1.54) is 18.2 Å². The first-order valence-corrected chi connectivity index (χ1v) is 7.49. The maximum absolute atomic E-state index is 12.3. The molecule has 0 aliphatic carbocycles. The van der Waals surface area contributed by atoms with E-state index in [1.54, 1.807) is 24.3 Å². The second kappa shape index (κ2) is 7.83. The van der Waals surface area contributed by atoms with Crippen LogP contribution in [0.25, 0.3) is 0 Å². The van der Waals surface area contributed by atoms with Gasteiger partial charge in [0, 0.05) is 18.4 Å². The number of benzene rings is 2. The predicted molar refractivity (Wildman–Crippen MR) is 86.5 cm³/mol. The molecule has 0 fully saturated rings. The molecule has 0 aromatic heterocycles. The lowest BCUT2D eigenvalue weighted by Crippen LogP contribution is -2.19. The fourth-order valence-electron chi connectivity index (χ4n) is 2.11. The second-order valence-corrected chi connectivity index (χ2v) is 5.38. The molecule has 2 rings (SSSR count). The van der Waals surface area contributed by atoms with Crippen LogP contribution in [0.3, 0.4) is 0 Å². The van der Waals surface area contributed by atoms with Crippen molar-refractivity contribution in [1.82, 2.24) is 0 Å². The molecule has 0 atom stereocenters. The maximum Gasteiger partial charge on any atom is 0.573 e. The number of ether oxygens (including phenoxy) is 1. The molecule has 1 N–H and O–H groups in total. The summed E-state index contributed by atoms with van der Waals surface area (Å²) in [7, 11) is 0. The van der Waals surface area contributed by atoms with Gasteiger partial charge in [-0.25, -0.2) is 0 Å². The highest BCUT2D eigenvalue weighted by Gasteiger charge is 2.32. The molecule has 0 bridgehead atoms. The molecule has 0 radical (unpaired) electrons. The Hall–Kier alpha value is -2.83. The molecule has 0 spiro atoms. The minimum absolute atomic E-state index is 0.0445. The monoisotopic (exact) mass is 351 g/mol. The number of aryl methyl sites for hydroxylation is 1. The standard InChI is InChI=1S/C18H16F3NO3/c1-12-6-8-13(9-7-12)15(23)10-11-17(24)22-14-4-2-3-5-16(14)25-18(19,20)21/h2-9H,10-11H2,1H3,(H,22,24). The third-order valence-corrected chi connectivity index (χ3v) is 3.34. The van der Waals surface area contributed by atoms with Crippen molar-refractivity contribution < 1.29 is 27.5 Å². The number of ketones is 1. The molecule has 2 aromatic rings. The minimum Gasteiger partial charge on any atom is -0.404 e. The average molecular weight is 351 g/mol. The van der Waals surface area contributed by atoms with Crippen molar-refractivity contribution in [3.63, 3.8) is 0 Å². The van der Waals surface area contributed by atoms with Gasteiger partial charge >= 0.3 is 6.36 Å². The third kappa shape index (κ3) is 5.95. The Balaban J connectivity index is 1.94. The van der Waals surface area contributed by atoms with Gasteiger partial charge in [0.15, 0.2) is 11.5 Å². The molecule has 0 unspecified atom stereocenters. The predicted octanol–water partition coefficient (Wildman–Crippen LogP) is 4.50. The van der Waals surface area contributed by atoms with E-state index in [-0.39, 0.29) is 24.3 Å². The molecule has 2 aromatic carbocycles. The van der Waals surface area contributed by atoms with Crippen LogP contribution < -0.4 is 10.1 Å². The summed E-state index contributed by atoms with van der Waals surface area (Å²) in [6.45, 7) is 1.89. The highest BCUT2D eigenvalue weighted by molar-refractivity contribution is 6.00. The lowest BCUT2D eigenvalue weighted by molar-refractivity contribution is -0.274. The number of anilines is 1. The first-order valence-electron chi connectivity index (χ1n) is 7.49. The van der Waals surface area contributed by atoms with Crippen molar-refractivity contribution in [2.75, 3.05) is 5.32 Å². The van der Waals surface area contributed by atoms with Crippen LogP contribution in [0.1, 0.15) is 28.8 Å². The van der Waals surface area contributed by atoms with Crippen LogP contribution in [0.5, 0.6) is 5.75 Å². The van der Waals surface area contributed by atoms with Crippen LogP contribution in [0.2, 0.25) is 0 Å². The van der Waals surface area contributed by atoms with Gasteiger partial charge in [0.05, 0.1) is 5.69 Å². The molecule has 0 heterocycles. The molecule has 4 nitrogen and oxygen atoms in total. The molecule has 25 heavy (non-hydrogen) atoms. The normalized spacial score (nSPS) is 11.0. The number of alkyl halides is 3.